The van der Waals surface area contributed by atoms with Crippen molar-refractivity contribution in [2.24, 2.45) is 17.8 Å². The van der Waals surface area contributed by atoms with E-state index in [9.17, 15) is 19.5 Å². The molecule has 0 radical (unpaired) electrons. The number of aliphatic hydroxyl groups is 1. The van der Waals surface area contributed by atoms with E-state index in [1.807, 2.05) is 34.6 Å². The van der Waals surface area contributed by atoms with Gasteiger partial charge in [-0.2, -0.15) is 0 Å². The second-order valence-electron chi connectivity index (χ2n) is 9.65. The third-order valence-electron chi connectivity index (χ3n) is 6.35. The topological polar surface area (TPSA) is 108 Å². The minimum Gasteiger partial charge on any atom is -0.394 e. The van der Waals surface area contributed by atoms with Gasteiger partial charge in [0.2, 0.25) is 17.7 Å². The van der Waals surface area contributed by atoms with E-state index in [4.69, 9.17) is 4.74 Å². The smallest absolute Gasteiger partial charge is 0.246 e. The zero-order valence-electron chi connectivity index (χ0n) is 17.6. The van der Waals surface area contributed by atoms with Crippen LogP contribution in [0.4, 0.5) is 0 Å². The standard InChI is InChI=1S/C20H33N3O5/c1-10(2)11(9-24)23-15(17(26)22-19(3,4)5)20-8-7-12(28-20)13(16(25)21-6)14(20)18(23)27/h10-15,24H,7-9H2,1-6H3,(H,21,25)(H,22,26)/t11-,12+,13-,14-,15?,20?/m0/s1. The van der Waals surface area contributed by atoms with Crippen LogP contribution in [0.3, 0.4) is 0 Å². The van der Waals surface area contributed by atoms with Gasteiger partial charge >= 0.3 is 0 Å². The second-order valence-corrected chi connectivity index (χ2v) is 9.65. The van der Waals surface area contributed by atoms with Gasteiger partial charge in [-0.3, -0.25) is 14.4 Å². The number of likely N-dealkylation sites (tertiary alicyclic amines) is 1. The molecule has 2 bridgehead atoms. The summed E-state index contributed by atoms with van der Waals surface area (Å²) in [6, 6.07) is -1.38. The van der Waals surface area contributed by atoms with Crippen LogP contribution in [-0.2, 0) is 19.1 Å². The van der Waals surface area contributed by atoms with E-state index in [0.29, 0.717) is 12.8 Å². The van der Waals surface area contributed by atoms with E-state index in [1.165, 1.54) is 4.90 Å². The number of nitrogens with zero attached hydrogens (tertiary/aromatic N) is 1. The molecule has 3 amide bonds. The first kappa shape index (κ1) is 21.0. The van der Waals surface area contributed by atoms with Gasteiger partial charge in [0.1, 0.15) is 11.6 Å². The first-order valence-corrected chi connectivity index (χ1v) is 10.1. The Morgan fingerprint density at radius 1 is 1.32 bits per heavy atom. The normalized spacial score (nSPS) is 35.3. The van der Waals surface area contributed by atoms with Crippen LogP contribution in [0.25, 0.3) is 0 Å². The molecule has 28 heavy (non-hydrogen) atoms. The van der Waals surface area contributed by atoms with Gasteiger partial charge in [-0.05, 0) is 39.5 Å². The predicted molar refractivity (Wildman–Crippen MR) is 102 cm³/mol. The first-order valence-electron chi connectivity index (χ1n) is 10.1. The summed E-state index contributed by atoms with van der Waals surface area (Å²) < 4.78 is 6.28. The van der Waals surface area contributed by atoms with Gasteiger partial charge < -0.3 is 25.4 Å². The molecule has 1 spiro atoms. The highest BCUT2D eigenvalue weighted by Gasteiger charge is 2.75. The number of carbonyl (C=O) groups is 3. The molecule has 0 saturated carbocycles. The molecule has 8 nitrogen and oxygen atoms in total. The summed E-state index contributed by atoms with van der Waals surface area (Å²) in [4.78, 5) is 41.0. The SMILES string of the molecule is CNC(=O)[C@@H]1[C@H]2C(=O)N([C@@H](CO)C(C)C)C(C(=O)NC(C)(C)C)C23CC[C@H]1O3. The summed E-state index contributed by atoms with van der Waals surface area (Å²) in [6.07, 6.45) is 0.837. The number of hydrogen-bond acceptors (Lipinski definition) is 5. The van der Waals surface area contributed by atoms with Crippen LogP contribution in [0.2, 0.25) is 0 Å². The zero-order chi connectivity index (χ0) is 21.0. The fourth-order valence-electron chi connectivity index (χ4n) is 5.27. The molecule has 8 heteroatoms. The van der Waals surface area contributed by atoms with E-state index in [0.717, 1.165) is 0 Å². The number of aliphatic hydroxyl groups excluding tert-OH is 1. The first-order chi connectivity index (χ1) is 13.0. The Morgan fingerprint density at radius 2 is 1.96 bits per heavy atom. The van der Waals surface area contributed by atoms with Gasteiger partial charge in [0.05, 0.1) is 30.6 Å². The molecule has 3 fully saturated rings. The molecule has 3 aliphatic heterocycles. The third kappa shape index (κ3) is 3.01. The van der Waals surface area contributed by atoms with Crippen molar-refractivity contribution in [3.63, 3.8) is 0 Å². The van der Waals surface area contributed by atoms with Gasteiger partial charge in [0.15, 0.2) is 0 Å². The van der Waals surface area contributed by atoms with Crippen LogP contribution in [0.1, 0.15) is 47.5 Å². The van der Waals surface area contributed by atoms with Crippen molar-refractivity contribution >= 4 is 17.7 Å². The van der Waals surface area contributed by atoms with Crippen molar-refractivity contribution in [2.45, 2.75) is 76.8 Å². The van der Waals surface area contributed by atoms with Crippen LogP contribution in [-0.4, -0.2) is 70.7 Å². The molecular formula is C20H33N3O5. The van der Waals surface area contributed by atoms with Gasteiger partial charge in [-0.1, -0.05) is 13.8 Å². The lowest BCUT2D eigenvalue weighted by molar-refractivity contribution is -0.147. The predicted octanol–water partition coefficient (Wildman–Crippen LogP) is 0.0386. The maximum Gasteiger partial charge on any atom is 0.246 e. The summed E-state index contributed by atoms with van der Waals surface area (Å²) in [5, 5.41) is 15.6. The van der Waals surface area contributed by atoms with Gasteiger partial charge in [-0.25, -0.2) is 0 Å². The van der Waals surface area contributed by atoms with E-state index in [2.05, 4.69) is 10.6 Å². The third-order valence-corrected chi connectivity index (χ3v) is 6.35. The molecule has 3 aliphatic rings. The lowest BCUT2D eigenvalue weighted by Crippen LogP contribution is -2.61. The summed E-state index contributed by atoms with van der Waals surface area (Å²) in [5.74, 6) is -2.14. The van der Waals surface area contributed by atoms with E-state index in [1.54, 1.807) is 7.05 Å². The summed E-state index contributed by atoms with van der Waals surface area (Å²) in [7, 11) is 1.55. The Kier molecular flexibility index (Phi) is 5.25. The van der Waals surface area contributed by atoms with E-state index in [-0.39, 0.29) is 36.4 Å². The molecule has 0 aromatic rings. The highest BCUT2D eigenvalue weighted by atomic mass is 16.5. The highest BCUT2D eigenvalue weighted by molar-refractivity contribution is 5.99. The van der Waals surface area contributed by atoms with E-state index >= 15 is 0 Å². The Balaban J connectivity index is 2.09. The van der Waals surface area contributed by atoms with Crippen molar-refractivity contribution in [1.29, 1.82) is 0 Å². The number of amides is 3. The largest absolute Gasteiger partial charge is 0.394 e. The van der Waals surface area contributed by atoms with Crippen LogP contribution in [0, 0.1) is 17.8 Å². The maximum absolute atomic E-state index is 13.6. The molecule has 3 heterocycles. The fraction of sp³-hybridized carbons (Fsp3) is 0.850. The van der Waals surface area contributed by atoms with Crippen LogP contribution in [0.15, 0.2) is 0 Å². The van der Waals surface area contributed by atoms with Gasteiger partial charge in [0.25, 0.3) is 0 Å². The maximum atomic E-state index is 13.6. The molecule has 3 saturated heterocycles. The lowest BCUT2D eigenvalue weighted by atomic mass is 9.70. The number of fused-ring (bicyclic) bond motifs is 1. The molecule has 3 N–H and O–H groups in total. The number of rotatable bonds is 5. The molecular weight excluding hydrogens is 362 g/mol. The molecule has 3 rings (SSSR count). The van der Waals surface area contributed by atoms with Crippen LogP contribution in [0.5, 0.6) is 0 Å². The summed E-state index contributed by atoms with van der Waals surface area (Å²) in [6.45, 7) is 9.22. The Labute approximate surface area is 166 Å². The molecule has 158 valence electrons. The van der Waals surface area contributed by atoms with Crippen LogP contribution >= 0.6 is 0 Å². The monoisotopic (exact) mass is 395 g/mol. The number of ether oxygens (including phenoxy) is 1. The van der Waals surface area contributed by atoms with Crippen molar-refractivity contribution < 1.29 is 24.2 Å². The van der Waals surface area contributed by atoms with Crippen molar-refractivity contribution in [3.8, 4) is 0 Å². The average molecular weight is 396 g/mol. The van der Waals surface area contributed by atoms with Gasteiger partial charge in [0, 0.05) is 12.6 Å². The highest BCUT2D eigenvalue weighted by Crippen LogP contribution is 2.59. The molecule has 2 unspecified atom stereocenters. The quantitative estimate of drug-likeness (QED) is 0.609. The van der Waals surface area contributed by atoms with Crippen molar-refractivity contribution in [3.05, 3.63) is 0 Å². The Morgan fingerprint density at radius 3 is 2.46 bits per heavy atom. The number of nitrogens with one attached hydrogen (secondary N) is 2. The van der Waals surface area contributed by atoms with Crippen molar-refractivity contribution in [2.75, 3.05) is 13.7 Å². The summed E-state index contributed by atoms with van der Waals surface area (Å²) in [5.41, 5.74) is -1.50. The average Bonchev–Trinajstić information content (AvgIpc) is 3.21. The Bertz CT molecular complexity index is 673. The fourth-order valence-corrected chi connectivity index (χ4v) is 5.27. The van der Waals surface area contributed by atoms with Crippen LogP contribution < -0.4 is 10.6 Å². The minimum absolute atomic E-state index is 0.0511. The summed E-state index contributed by atoms with van der Waals surface area (Å²) >= 11 is 0. The Hall–Kier alpha value is -1.67. The molecule has 0 aromatic carbocycles. The van der Waals surface area contributed by atoms with Gasteiger partial charge in [-0.15, -0.1) is 0 Å². The minimum atomic E-state index is -1.02. The number of hydrogen-bond donors (Lipinski definition) is 3. The molecule has 0 aromatic heterocycles. The lowest BCUT2D eigenvalue weighted by Gasteiger charge is -2.39. The molecule has 0 aliphatic carbocycles. The zero-order valence-corrected chi connectivity index (χ0v) is 17.6. The number of carbonyl (C=O) groups excluding carboxylic acids is 3. The molecule has 6 atom stereocenters. The van der Waals surface area contributed by atoms with Crippen molar-refractivity contribution in [1.82, 2.24) is 15.5 Å². The second kappa shape index (κ2) is 6.99. The van der Waals surface area contributed by atoms with E-state index < -0.39 is 35.1 Å².